The van der Waals surface area contributed by atoms with E-state index in [1.54, 1.807) is 6.07 Å². The maximum Gasteiger partial charge on any atom is 0.416 e. The SMILES string of the molecule is C[C@@H](NC(=O)OC/C=C/c1cccc(C(F)(F)F)c1)c1cccc2ccccc12. The molecule has 3 aromatic rings. The molecular weight excluding hydrogens is 379 g/mol. The molecule has 0 heterocycles. The lowest BCUT2D eigenvalue weighted by molar-refractivity contribution is -0.137. The summed E-state index contributed by atoms with van der Waals surface area (Å²) in [5.41, 5.74) is 0.634. The number of benzene rings is 3. The van der Waals surface area contributed by atoms with Crippen LogP contribution in [0.25, 0.3) is 16.8 Å². The topological polar surface area (TPSA) is 38.3 Å². The van der Waals surface area contributed by atoms with Gasteiger partial charge in [0, 0.05) is 0 Å². The summed E-state index contributed by atoms with van der Waals surface area (Å²) in [5, 5.41) is 4.90. The Balaban J connectivity index is 1.55. The Labute approximate surface area is 166 Å². The van der Waals surface area contributed by atoms with Crippen LogP contribution in [0.15, 0.2) is 72.8 Å². The van der Waals surface area contributed by atoms with Crippen molar-refractivity contribution in [2.75, 3.05) is 6.61 Å². The zero-order valence-electron chi connectivity index (χ0n) is 15.7. The molecule has 0 aromatic heterocycles. The van der Waals surface area contributed by atoms with Gasteiger partial charge in [0.2, 0.25) is 0 Å². The van der Waals surface area contributed by atoms with Gasteiger partial charge in [-0.3, -0.25) is 0 Å². The molecule has 0 bridgehead atoms. The third kappa shape index (κ3) is 5.38. The Bertz CT molecular complexity index is 1020. The smallest absolute Gasteiger partial charge is 0.416 e. The highest BCUT2D eigenvalue weighted by Gasteiger charge is 2.30. The lowest BCUT2D eigenvalue weighted by atomic mass is 10.00. The first kappa shape index (κ1) is 20.5. The van der Waals surface area contributed by atoms with E-state index < -0.39 is 17.8 Å². The third-order valence-corrected chi connectivity index (χ3v) is 4.46. The van der Waals surface area contributed by atoms with Crippen molar-refractivity contribution < 1.29 is 22.7 Å². The summed E-state index contributed by atoms with van der Waals surface area (Å²) >= 11 is 0. The monoisotopic (exact) mass is 399 g/mol. The molecule has 3 aromatic carbocycles. The molecule has 0 unspecified atom stereocenters. The fourth-order valence-corrected chi connectivity index (χ4v) is 3.05. The second-order valence-corrected chi connectivity index (χ2v) is 6.56. The molecular formula is C23H20F3NO2. The molecule has 29 heavy (non-hydrogen) atoms. The molecule has 0 saturated heterocycles. The Morgan fingerprint density at radius 2 is 1.79 bits per heavy atom. The van der Waals surface area contributed by atoms with Gasteiger partial charge in [-0.15, -0.1) is 0 Å². The molecule has 3 rings (SSSR count). The molecule has 0 aliphatic carbocycles. The zero-order chi connectivity index (χ0) is 20.9. The number of alkyl carbamates (subject to hydrolysis) is 1. The minimum absolute atomic E-state index is 0.0513. The summed E-state index contributed by atoms with van der Waals surface area (Å²) in [6, 6.07) is 18.4. The molecule has 150 valence electrons. The zero-order valence-corrected chi connectivity index (χ0v) is 15.7. The standard InChI is InChI=1S/C23H20F3NO2/c1-16(20-13-5-10-18-9-2-3-12-21(18)20)27-22(28)29-14-6-8-17-7-4-11-19(15-17)23(24,25)26/h2-13,15-16H,14H2,1H3,(H,27,28)/b8-6+/t16-/m1/s1. The van der Waals surface area contributed by atoms with Crippen molar-refractivity contribution in [2.24, 2.45) is 0 Å². The highest BCUT2D eigenvalue weighted by atomic mass is 19.4. The molecule has 1 atom stereocenters. The van der Waals surface area contributed by atoms with Gasteiger partial charge in [-0.05, 0) is 47.0 Å². The van der Waals surface area contributed by atoms with Gasteiger partial charge < -0.3 is 10.1 Å². The molecule has 0 saturated carbocycles. The quantitative estimate of drug-likeness (QED) is 0.542. The summed E-state index contributed by atoms with van der Waals surface area (Å²) in [6.07, 6.45) is -2.01. The van der Waals surface area contributed by atoms with Crippen molar-refractivity contribution in [2.45, 2.75) is 19.1 Å². The summed E-state index contributed by atoms with van der Waals surface area (Å²) in [4.78, 5) is 12.0. The number of rotatable bonds is 5. The summed E-state index contributed by atoms with van der Waals surface area (Å²) < 4.78 is 43.3. The van der Waals surface area contributed by atoms with Crippen LogP contribution in [0.1, 0.15) is 29.7 Å². The maximum atomic E-state index is 12.7. The first-order valence-corrected chi connectivity index (χ1v) is 9.09. The van der Waals surface area contributed by atoms with Crippen LogP contribution in [0.3, 0.4) is 0 Å². The number of carbonyl (C=O) groups is 1. The van der Waals surface area contributed by atoms with E-state index in [0.29, 0.717) is 5.56 Å². The summed E-state index contributed by atoms with van der Waals surface area (Å²) in [5.74, 6) is 0. The van der Waals surface area contributed by atoms with Gasteiger partial charge in [0.1, 0.15) is 6.61 Å². The van der Waals surface area contributed by atoms with E-state index in [1.165, 1.54) is 18.2 Å². The van der Waals surface area contributed by atoms with Gasteiger partial charge in [0.25, 0.3) is 0 Å². The number of amides is 1. The summed E-state index contributed by atoms with van der Waals surface area (Å²) in [6.45, 7) is 1.81. The van der Waals surface area contributed by atoms with Crippen LogP contribution in [0.4, 0.5) is 18.0 Å². The number of ether oxygens (including phenoxy) is 1. The second kappa shape index (κ2) is 8.82. The second-order valence-electron chi connectivity index (χ2n) is 6.56. The number of hydrogen-bond acceptors (Lipinski definition) is 2. The van der Waals surface area contributed by atoms with Gasteiger partial charge in [-0.1, -0.05) is 60.7 Å². The van der Waals surface area contributed by atoms with Crippen LogP contribution in [-0.2, 0) is 10.9 Å². The van der Waals surface area contributed by atoms with E-state index >= 15 is 0 Å². The van der Waals surface area contributed by atoms with E-state index in [2.05, 4.69) is 5.32 Å². The molecule has 6 heteroatoms. The van der Waals surface area contributed by atoms with Crippen LogP contribution in [0.5, 0.6) is 0 Å². The molecule has 0 aliphatic heterocycles. The largest absolute Gasteiger partial charge is 0.445 e. The number of alkyl halides is 3. The molecule has 1 amide bonds. The fraction of sp³-hybridized carbons (Fsp3) is 0.174. The molecule has 0 spiro atoms. The van der Waals surface area contributed by atoms with E-state index in [9.17, 15) is 18.0 Å². The van der Waals surface area contributed by atoms with Crippen LogP contribution in [0, 0.1) is 0 Å². The molecule has 0 aliphatic rings. The average Bonchev–Trinajstić information content (AvgIpc) is 2.70. The minimum Gasteiger partial charge on any atom is -0.445 e. The van der Waals surface area contributed by atoms with Crippen molar-refractivity contribution in [3.8, 4) is 0 Å². The predicted octanol–water partition coefficient (Wildman–Crippen LogP) is 6.36. The number of halogens is 3. The Kier molecular flexibility index (Phi) is 6.22. The fourth-order valence-electron chi connectivity index (χ4n) is 3.05. The Morgan fingerprint density at radius 3 is 2.59 bits per heavy atom. The highest BCUT2D eigenvalue weighted by molar-refractivity contribution is 5.86. The highest BCUT2D eigenvalue weighted by Crippen LogP contribution is 2.29. The first-order valence-electron chi connectivity index (χ1n) is 9.09. The Morgan fingerprint density at radius 1 is 1.07 bits per heavy atom. The molecule has 1 N–H and O–H groups in total. The van der Waals surface area contributed by atoms with Crippen molar-refractivity contribution in [1.29, 1.82) is 0 Å². The summed E-state index contributed by atoms with van der Waals surface area (Å²) in [7, 11) is 0. The average molecular weight is 399 g/mol. The predicted molar refractivity (Wildman–Crippen MR) is 107 cm³/mol. The third-order valence-electron chi connectivity index (χ3n) is 4.46. The molecule has 3 nitrogen and oxygen atoms in total. The van der Waals surface area contributed by atoms with Crippen LogP contribution >= 0.6 is 0 Å². The number of fused-ring (bicyclic) bond motifs is 1. The normalized spacial score (nSPS) is 12.8. The number of nitrogens with one attached hydrogen (secondary N) is 1. The first-order chi connectivity index (χ1) is 13.8. The van der Waals surface area contributed by atoms with Crippen molar-refractivity contribution in [1.82, 2.24) is 5.32 Å². The Hall–Kier alpha value is -3.28. The van der Waals surface area contributed by atoms with Gasteiger partial charge in [-0.25, -0.2) is 4.79 Å². The van der Waals surface area contributed by atoms with E-state index in [1.807, 2.05) is 49.4 Å². The van der Waals surface area contributed by atoms with Crippen LogP contribution in [-0.4, -0.2) is 12.7 Å². The maximum absolute atomic E-state index is 12.7. The van der Waals surface area contributed by atoms with E-state index in [-0.39, 0.29) is 12.6 Å². The van der Waals surface area contributed by atoms with Gasteiger partial charge >= 0.3 is 12.3 Å². The minimum atomic E-state index is -4.39. The molecule has 0 fully saturated rings. The number of carbonyl (C=O) groups excluding carboxylic acids is 1. The van der Waals surface area contributed by atoms with Crippen molar-refractivity contribution in [3.05, 3.63) is 89.5 Å². The lowest BCUT2D eigenvalue weighted by Crippen LogP contribution is -2.27. The lowest BCUT2D eigenvalue weighted by Gasteiger charge is -2.16. The van der Waals surface area contributed by atoms with Crippen LogP contribution in [0.2, 0.25) is 0 Å². The van der Waals surface area contributed by atoms with Gasteiger partial charge in [-0.2, -0.15) is 13.2 Å². The molecule has 0 radical (unpaired) electrons. The van der Waals surface area contributed by atoms with Crippen LogP contribution < -0.4 is 5.32 Å². The number of hydrogen-bond donors (Lipinski definition) is 1. The van der Waals surface area contributed by atoms with Crippen molar-refractivity contribution in [3.63, 3.8) is 0 Å². The van der Waals surface area contributed by atoms with Gasteiger partial charge in [0.15, 0.2) is 0 Å². The van der Waals surface area contributed by atoms with Gasteiger partial charge in [0.05, 0.1) is 11.6 Å². The van der Waals surface area contributed by atoms with Crippen molar-refractivity contribution >= 4 is 22.9 Å². The van der Waals surface area contributed by atoms with E-state index in [4.69, 9.17) is 4.74 Å². The van der Waals surface area contributed by atoms with E-state index in [0.717, 1.165) is 28.5 Å².